The molecular weight excluding hydrogens is 574 g/mol. The van der Waals surface area contributed by atoms with Crippen LogP contribution in [0.5, 0.6) is 0 Å². The highest BCUT2D eigenvalue weighted by Crippen LogP contribution is 2.39. The van der Waals surface area contributed by atoms with Gasteiger partial charge in [-0.1, -0.05) is 103 Å². The molecule has 1 aliphatic rings. The number of ether oxygens (including phenoxy) is 2. The topological polar surface area (TPSA) is 111 Å². The van der Waals surface area contributed by atoms with Crippen LogP contribution < -0.4 is 5.32 Å². The van der Waals surface area contributed by atoms with Crippen molar-refractivity contribution < 1.29 is 19.4 Å². The van der Waals surface area contributed by atoms with E-state index < -0.39 is 6.29 Å². The lowest BCUT2D eigenvalue weighted by Crippen LogP contribution is -2.31. The fraction of sp³-hybridized carbons (Fsp3) is 0.235. The van der Waals surface area contributed by atoms with E-state index in [4.69, 9.17) is 9.47 Å². The van der Waals surface area contributed by atoms with E-state index in [0.29, 0.717) is 24.3 Å². The van der Waals surface area contributed by atoms with Crippen LogP contribution in [0.25, 0.3) is 11.1 Å². The van der Waals surface area contributed by atoms with Crippen molar-refractivity contribution in [1.82, 2.24) is 25.5 Å². The summed E-state index contributed by atoms with van der Waals surface area (Å²) in [6, 6.07) is 33.4. The van der Waals surface area contributed by atoms with Crippen LogP contribution >= 0.6 is 11.8 Å². The Balaban J connectivity index is 1.19. The lowest BCUT2D eigenvalue weighted by atomic mass is 9.97. The maximum atomic E-state index is 12.6. The van der Waals surface area contributed by atoms with Crippen molar-refractivity contribution in [2.24, 2.45) is 7.05 Å². The van der Waals surface area contributed by atoms with Gasteiger partial charge in [0.15, 0.2) is 6.29 Å². The number of hydrogen-bond acceptors (Lipinski definition) is 8. The predicted octanol–water partition coefficient (Wildman–Crippen LogP) is 5.64. The van der Waals surface area contributed by atoms with E-state index in [2.05, 4.69) is 39.0 Å². The van der Waals surface area contributed by atoms with Gasteiger partial charge in [-0.25, -0.2) is 4.68 Å². The number of benzene rings is 4. The van der Waals surface area contributed by atoms with Gasteiger partial charge in [0.05, 0.1) is 18.8 Å². The number of carbonyl (C=O) groups excluding carboxylic acids is 1. The first-order valence-corrected chi connectivity index (χ1v) is 15.4. The molecule has 1 aliphatic heterocycles. The molecule has 2 N–H and O–H groups in total. The van der Waals surface area contributed by atoms with Gasteiger partial charge in [-0.2, -0.15) is 0 Å². The number of rotatable bonds is 10. The Kier molecular flexibility index (Phi) is 9.43. The molecule has 2 heterocycles. The minimum Gasteiger partial charge on any atom is -0.392 e. The molecule has 4 aromatic carbocycles. The van der Waals surface area contributed by atoms with Crippen molar-refractivity contribution >= 4 is 17.7 Å². The zero-order chi connectivity index (χ0) is 30.3. The Morgan fingerprint density at radius 2 is 1.66 bits per heavy atom. The van der Waals surface area contributed by atoms with Gasteiger partial charge in [-0.05, 0) is 50.4 Å². The number of aliphatic hydroxyl groups excluding tert-OH is 1. The average Bonchev–Trinajstić information content (AvgIpc) is 3.51. The summed E-state index contributed by atoms with van der Waals surface area (Å²) in [5, 5.41) is 25.0. The molecule has 0 radical (unpaired) electrons. The molecule has 0 bridgehead atoms. The molecule has 3 unspecified atom stereocenters. The molecule has 0 aliphatic carbocycles. The quantitative estimate of drug-likeness (QED) is 0.196. The maximum Gasteiger partial charge on any atom is 0.251 e. The van der Waals surface area contributed by atoms with E-state index in [1.54, 1.807) is 28.6 Å². The van der Waals surface area contributed by atoms with Crippen LogP contribution in [0.4, 0.5) is 0 Å². The molecule has 6 rings (SSSR count). The SMILES string of the molecule is Cn1nnnc1SCC1CC(c2ccc(CO)cc2)OC(c2ccc(-c3ccccc3CNC(=O)c3ccccc3)cc2)O1. The third kappa shape index (κ3) is 7.06. The molecule has 1 amide bonds. The fourth-order valence-corrected chi connectivity index (χ4v) is 6.04. The average molecular weight is 608 g/mol. The first kappa shape index (κ1) is 29.7. The maximum absolute atomic E-state index is 12.6. The summed E-state index contributed by atoms with van der Waals surface area (Å²) < 4.78 is 14.6. The second-order valence-corrected chi connectivity index (χ2v) is 11.6. The molecular formula is C34H33N5O4S. The number of aromatic nitrogens is 4. The normalized spacial score (nSPS) is 18.2. The molecule has 1 aromatic heterocycles. The van der Waals surface area contributed by atoms with Gasteiger partial charge >= 0.3 is 0 Å². The number of thioether (sulfide) groups is 1. The third-order valence-electron chi connectivity index (χ3n) is 7.58. The molecule has 224 valence electrons. The Morgan fingerprint density at radius 3 is 2.39 bits per heavy atom. The molecule has 3 atom stereocenters. The second kappa shape index (κ2) is 14.0. The van der Waals surface area contributed by atoms with Gasteiger partial charge in [-0.3, -0.25) is 4.79 Å². The lowest BCUT2D eigenvalue weighted by molar-refractivity contribution is -0.245. The Bertz CT molecular complexity index is 1680. The number of nitrogens with zero attached hydrogens (tertiary/aromatic N) is 4. The Hall–Kier alpha value is -4.35. The first-order valence-electron chi connectivity index (χ1n) is 14.4. The molecule has 1 fully saturated rings. The van der Waals surface area contributed by atoms with Gasteiger partial charge in [0, 0.05) is 36.9 Å². The van der Waals surface area contributed by atoms with Crippen LogP contribution in [0.15, 0.2) is 108 Å². The predicted molar refractivity (Wildman–Crippen MR) is 167 cm³/mol. The summed E-state index contributed by atoms with van der Waals surface area (Å²) in [4.78, 5) is 12.6. The fourth-order valence-electron chi connectivity index (χ4n) is 5.18. The highest BCUT2D eigenvalue weighted by Gasteiger charge is 2.32. The smallest absolute Gasteiger partial charge is 0.251 e. The van der Waals surface area contributed by atoms with E-state index in [-0.39, 0.29) is 24.7 Å². The highest BCUT2D eigenvalue weighted by atomic mass is 32.2. The van der Waals surface area contributed by atoms with Gasteiger partial charge in [0.25, 0.3) is 5.91 Å². The zero-order valence-electron chi connectivity index (χ0n) is 24.2. The highest BCUT2D eigenvalue weighted by molar-refractivity contribution is 7.99. The van der Waals surface area contributed by atoms with Crippen LogP contribution in [0.3, 0.4) is 0 Å². The minimum atomic E-state index is -0.566. The zero-order valence-corrected chi connectivity index (χ0v) is 25.1. The van der Waals surface area contributed by atoms with E-state index >= 15 is 0 Å². The number of tetrazole rings is 1. The van der Waals surface area contributed by atoms with Crippen molar-refractivity contribution in [3.63, 3.8) is 0 Å². The molecule has 9 nitrogen and oxygen atoms in total. The largest absolute Gasteiger partial charge is 0.392 e. The Morgan fingerprint density at radius 1 is 0.932 bits per heavy atom. The van der Waals surface area contributed by atoms with Crippen molar-refractivity contribution in [2.45, 2.75) is 43.2 Å². The second-order valence-electron chi connectivity index (χ2n) is 10.6. The third-order valence-corrected chi connectivity index (χ3v) is 8.72. The van der Waals surface area contributed by atoms with Gasteiger partial charge < -0.3 is 19.9 Å². The molecule has 44 heavy (non-hydrogen) atoms. The number of hydrogen-bond donors (Lipinski definition) is 2. The van der Waals surface area contributed by atoms with Crippen LogP contribution in [0.2, 0.25) is 0 Å². The molecule has 0 spiro atoms. The number of aliphatic hydroxyl groups is 1. The first-order chi connectivity index (χ1) is 21.6. The van der Waals surface area contributed by atoms with E-state index in [9.17, 15) is 9.90 Å². The van der Waals surface area contributed by atoms with Crippen molar-refractivity contribution in [2.75, 3.05) is 5.75 Å². The summed E-state index contributed by atoms with van der Waals surface area (Å²) in [6.45, 7) is 0.412. The van der Waals surface area contributed by atoms with E-state index in [1.165, 1.54) is 0 Å². The molecule has 1 saturated heterocycles. The number of aryl methyl sites for hydroxylation is 1. The summed E-state index contributed by atoms with van der Waals surface area (Å²) in [5.74, 6) is 0.561. The lowest BCUT2D eigenvalue weighted by Gasteiger charge is -2.36. The van der Waals surface area contributed by atoms with E-state index in [0.717, 1.165) is 38.5 Å². The van der Waals surface area contributed by atoms with Crippen LogP contribution in [-0.2, 0) is 29.7 Å². The number of amides is 1. The number of carbonyl (C=O) groups is 1. The standard InChI is InChI=1S/C34H33N5O4S/c1-39-34(36-37-38-39)44-22-29-19-31(25-13-11-23(21-40)12-14-25)43-33(42-29)27-17-15-24(16-18-27)30-10-6-5-9-28(30)20-35-32(41)26-7-3-2-4-8-26/h2-18,29,31,33,40H,19-22H2,1H3,(H,35,41). The van der Waals surface area contributed by atoms with Gasteiger partial charge in [0.1, 0.15) is 0 Å². The summed E-state index contributed by atoms with van der Waals surface area (Å²) in [7, 11) is 1.82. The van der Waals surface area contributed by atoms with Crippen molar-refractivity contribution in [1.29, 1.82) is 0 Å². The minimum absolute atomic E-state index is 0.00256. The van der Waals surface area contributed by atoms with E-state index in [1.807, 2.05) is 79.8 Å². The van der Waals surface area contributed by atoms with Crippen LogP contribution in [0.1, 0.15) is 51.4 Å². The molecule has 5 aromatic rings. The summed E-state index contributed by atoms with van der Waals surface area (Å²) in [6.07, 6.45) is -0.179. The van der Waals surface area contributed by atoms with Crippen molar-refractivity contribution in [3.05, 3.63) is 131 Å². The van der Waals surface area contributed by atoms with Gasteiger partial charge in [-0.15, -0.1) is 5.10 Å². The monoisotopic (exact) mass is 607 g/mol. The Labute approximate surface area is 260 Å². The number of nitrogens with one attached hydrogen (secondary N) is 1. The molecule has 0 saturated carbocycles. The van der Waals surface area contributed by atoms with Crippen molar-refractivity contribution in [3.8, 4) is 11.1 Å². The summed E-state index contributed by atoms with van der Waals surface area (Å²) >= 11 is 1.55. The van der Waals surface area contributed by atoms with Gasteiger partial charge in [0.2, 0.25) is 5.16 Å². The summed E-state index contributed by atoms with van der Waals surface area (Å²) in [5.41, 5.74) is 6.54. The van der Waals surface area contributed by atoms with Crippen LogP contribution in [0, 0.1) is 0 Å². The molecule has 10 heteroatoms. The van der Waals surface area contributed by atoms with Crippen LogP contribution in [-0.4, -0.2) is 43.1 Å².